The van der Waals surface area contributed by atoms with E-state index >= 15 is 0 Å². The van der Waals surface area contributed by atoms with Crippen LogP contribution in [-0.2, 0) is 9.59 Å². The van der Waals surface area contributed by atoms with Crippen LogP contribution < -0.4 is 10.6 Å². The number of thioether (sulfide) groups is 1. The molecule has 2 amide bonds. The van der Waals surface area contributed by atoms with Crippen molar-refractivity contribution < 1.29 is 9.59 Å². The second-order valence-electron chi connectivity index (χ2n) is 5.77. The highest BCUT2D eigenvalue weighted by Crippen LogP contribution is 2.27. The maximum Gasteiger partial charge on any atom is 0.240 e. The molecule has 1 unspecified atom stereocenters. The van der Waals surface area contributed by atoms with E-state index in [1.807, 2.05) is 20.8 Å². The fourth-order valence-corrected chi connectivity index (χ4v) is 3.16. The summed E-state index contributed by atoms with van der Waals surface area (Å²) < 4.78 is 0. The van der Waals surface area contributed by atoms with E-state index in [0.29, 0.717) is 20.9 Å². The first-order valence-corrected chi connectivity index (χ1v) is 9.24. The molecule has 1 saturated heterocycles. The molecule has 0 spiro atoms. The van der Waals surface area contributed by atoms with Gasteiger partial charge < -0.3 is 10.6 Å². The SMILES string of the molecule is C/C(=N\N=C1/NC(=O)C(CC(=O)Nc2ccc(Cl)cc2Cl)S1)C(C)C. The number of anilines is 1. The third kappa shape index (κ3) is 5.73. The van der Waals surface area contributed by atoms with Crippen LogP contribution >= 0.6 is 35.0 Å². The molecule has 1 aliphatic rings. The fourth-order valence-electron chi connectivity index (χ4n) is 1.79. The van der Waals surface area contributed by atoms with Gasteiger partial charge in [-0.3, -0.25) is 9.59 Å². The van der Waals surface area contributed by atoms with Crippen LogP contribution in [0, 0.1) is 5.92 Å². The fraction of sp³-hybridized carbons (Fsp3) is 0.375. The van der Waals surface area contributed by atoms with Crippen LogP contribution in [-0.4, -0.2) is 27.9 Å². The molecule has 0 aromatic heterocycles. The Morgan fingerprint density at radius 2 is 2.12 bits per heavy atom. The van der Waals surface area contributed by atoms with E-state index in [4.69, 9.17) is 23.2 Å². The molecule has 0 aliphatic carbocycles. The average molecular weight is 401 g/mol. The van der Waals surface area contributed by atoms with Gasteiger partial charge in [-0.1, -0.05) is 48.8 Å². The summed E-state index contributed by atoms with van der Waals surface area (Å²) >= 11 is 13.0. The number of halogens is 2. The monoisotopic (exact) mass is 400 g/mol. The molecule has 0 radical (unpaired) electrons. The Morgan fingerprint density at radius 1 is 1.40 bits per heavy atom. The summed E-state index contributed by atoms with van der Waals surface area (Å²) in [6.07, 6.45) is 0.00134. The van der Waals surface area contributed by atoms with Gasteiger partial charge in [0.25, 0.3) is 0 Å². The van der Waals surface area contributed by atoms with Gasteiger partial charge >= 0.3 is 0 Å². The van der Waals surface area contributed by atoms with Gasteiger partial charge in [0.05, 0.1) is 10.7 Å². The van der Waals surface area contributed by atoms with Gasteiger partial charge in [0.15, 0.2) is 5.17 Å². The van der Waals surface area contributed by atoms with Gasteiger partial charge in [-0.25, -0.2) is 0 Å². The summed E-state index contributed by atoms with van der Waals surface area (Å²) in [5.74, 6) is -0.310. The summed E-state index contributed by atoms with van der Waals surface area (Å²) in [4.78, 5) is 24.1. The molecule has 1 fully saturated rings. The lowest BCUT2D eigenvalue weighted by atomic mass is 10.1. The molecule has 0 bridgehead atoms. The molecule has 6 nitrogen and oxygen atoms in total. The van der Waals surface area contributed by atoms with Crippen molar-refractivity contribution in [2.24, 2.45) is 16.1 Å². The van der Waals surface area contributed by atoms with Crippen LogP contribution in [0.1, 0.15) is 27.2 Å². The lowest BCUT2D eigenvalue weighted by molar-refractivity contribution is -0.122. The summed E-state index contributed by atoms with van der Waals surface area (Å²) in [5.41, 5.74) is 1.31. The number of amidine groups is 1. The predicted molar refractivity (Wildman–Crippen MR) is 105 cm³/mol. The standard InChI is InChI=1S/C16H18Cl2N4O2S/c1-8(2)9(3)21-22-16-20-15(24)13(25-16)7-14(23)19-12-5-4-10(17)6-11(12)18/h4-6,8,13H,7H2,1-3H3,(H,19,23)(H,20,22,24)/b21-9+. The van der Waals surface area contributed by atoms with Gasteiger partial charge in [-0.2, -0.15) is 5.10 Å². The van der Waals surface area contributed by atoms with E-state index < -0.39 is 5.25 Å². The number of rotatable bonds is 5. The molecule has 1 aliphatic heterocycles. The zero-order chi connectivity index (χ0) is 18.6. The van der Waals surface area contributed by atoms with E-state index in [0.717, 1.165) is 5.71 Å². The van der Waals surface area contributed by atoms with Crippen LogP contribution in [0.3, 0.4) is 0 Å². The van der Waals surface area contributed by atoms with Crippen molar-refractivity contribution in [3.8, 4) is 0 Å². The van der Waals surface area contributed by atoms with Crippen molar-refractivity contribution >= 4 is 63.3 Å². The normalized spacial score (nSPS) is 19.4. The second kappa shape index (κ2) is 8.69. The highest BCUT2D eigenvalue weighted by Gasteiger charge is 2.32. The zero-order valence-electron chi connectivity index (χ0n) is 14.0. The van der Waals surface area contributed by atoms with Crippen molar-refractivity contribution in [2.75, 3.05) is 5.32 Å². The van der Waals surface area contributed by atoms with Crippen molar-refractivity contribution in [1.29, 1.82) is 0 Å². The van der Waals surface area contributed by atoms with Crippen molar-refractivity contribution in [3.63, 3.8) is 0 Å². The molecule has 2 rings (SSSR count). The topological polar surface area (TPSA) is 82.9 Å². The highest BCUT2D eigenvalue weighted by molar-refractivity contribution is 8.15. The lowest BCUT2D eigenvalue weighted by Gasteiger charge is -2.09. The van der Waals surface area contributed by atoms with Crippen molar-refractivity contribution in [3.05, 3.63) is 28.2 Å². The Hall–Kier alpha value is -1.57. The predicted octanol–water partition coefficient (Wildman–Crippen LogP) is 3.94. The first kappa shape index (κ1) is 19.8. The number of nitrogens with one attached hydrogen (secondary N) is 2. The minimum absolute atomic E-state index is 0.00134. The molecule has 25 heavy (non-hydrogen) atoms. The Bertz CT molecular complexity index is 750. The number of carbonyl (C=O) groups is 2. The third-order valence-corrected chi connectivity index (χ3v) is 5.11. The quantitative estimate of drug-likeness (QED) is 0.579. The maximum absolute atomic E-state index is 12.1. The molecular weight excluding hydrogens is 383 g/mol. The Morgan fingerprint density at radius 3 is 2.76 bits per heavy atom. The Labute approximate surface area is 160 Å². The van der Waals surface area contributed by atoms with E-state index in [1.165, 1.54) is 17.8 Å². The van der Waals surface area contributed by atoms with E-state index in [1.54, 1.807) is 12.1 Å². The third-order valence-electron chi connectivity index (χ3n) is 3.49. The summed E-state index contributed by atoms with van der Waals surface area (Å²) in [6.45, 7) is 5.89. The second-order valence-corrected chi connectivity index (χ2v) is 7.81. The van der Waals surface area contributed by atoms with Crippen molar-refractivity contribution in [2.45, 2.75) is 32.4 Å². The van der Waals surface area contributed by atoms with Crippen LogP contribution in [0.4, 0.5) is 5.69 Å². The largest absolute Gasteiger partial charge is 0.325 e. The van der Waals surface area contributed by atoms with Crippen molar-refractivity contribution in [1.82, 2.24) is 5.32 Å². The van der Waals surface area contributed by atoms with Gasteiger partial charge in [0, 0.05) is 17.2 Å². The molecule has 1 heterocycles. The highest BCUT2D eigenvalue weighted by atomic mass is 35.5. The molecule has 1 aromatic carbocycles. The van der Waals surface area contributed by atoms with E-state index in [2.05, 4.69) is 20.8 Å². The Kier molecular flexibility index (Phi) is 6.87. The first-order valence-electron chi connectivity index (χ1n) is 7.61. The summed E-state index contributed by atoms with van der Waals surface area (Å²) in [6, 6.07) is 4.77. The van der Waals surface area contributed by atoms with Crippen LogP contribution in [0.25, 0.3) is 0 Å². The summed E-state index contributed by atoms with van der Waals surface area (Å²) in [5, 5.41) is 14.1. The van der Waals surface area contributed by atoms with Gasteiger partial charge in [-0.15, -0.1) is 5.10 Å². The van der Waals surface area contributed by atoms with E-state index in [-0.39, 0.29) is 24.2 Å². The lowest BCUT2D eigenvalue weighted by Crippen LogP contribution is -2.28. The summed E-state index contributed by atoms with van der Waals surface area (Å²) in [7, 11) is 0. The Balaban J connectivity index is 1.96. The van der Waals surface area contributed by atoms with Gasteiger partial charge in [0.1, 0.15) is 5.25 Å². The first-order chi connectivity index (χ1) is 11.8. The number of amides is 2. The number of hydrogen-bond donors (Lipinski definition) is 2. The van der Waals surface area contributed by atoms with Crippen LogP contribution in [0.15, 0.2) is 28.4 Å². The molecule has 1 aromatic rings. The average Bonchev–Trinajstić information content (AvgIpc) is 2.87. The molecule has 1 atom stereocenters. The smallest absolute Gasteiger partial charge is 0.240 e. The zero-order valence-corrected chi connectivity index (χ0v) is 16.3. The molecule has 9 heteroatoms. The number of carbonyl (C=O) groups excluding carboxylic acids is 2. The minimum atomic E-state index is -0.556. The molecule has 0 saturated carbocycles. The van der Waals surface area contributed by atoms with Crippen LogP contribution in [0.2, 0.25) is 10.0 Å². The van der Waals surface area contributed by atoms with E-state index in [9.17, 15) is 9.59 Å². The van der Waals surface area contributed by atoms with Gasteiger partial charge in [-0.05, 0) is 31.0 Å². The maximum atomic E-state index is 12.1. The minimum Gasteiger partial charge on any atom is -0.325 e. The van der Waals surface area contributed by atoms with Gasteiger partial charge in [0.2, 0.25) is 11.8 Å². The number of nitrogens with zero attached hydrogens (tertiary/aromatic N) is 2. The van der Waals surface area contributed by atoms with Crippen LogP contribution in [0.5, 0.6) is 0 Å². The number of hydrogen-bond acceptors (Lipinski definition) is 5. The molecular formula is C16H18Cl2N4O2S. The number of benzene rings is 1. The molecule has 2 N–H and O–H groups in total. The molecule has 134 valence electrons.